The third-order valence-corrected chi connectivity index (χ3v) is 3.37. The molecule has 0 spiro atoms. The van der Waals surface area contributed by atoms with E-state index in [-0.39, 0.29) is 30.5 Å². The molecule has 0 aliphatic heterocycles. The molecule has 0 aliphatic carbocycles. The van der Waals surface area contributed by atoms with Gasteiger partial charge in [0.25, 0.3) is 0 Å². The molecule has 2 aromatic rings. The fourth-order valence-electron chi connectivity index (χ4n) is 2.11. The highest BCUT2D eigenvalue weighted by molar-refractivity contribution is 14.0. The smallest absolute Gasteiger partial charge is 0.416 e. The number of pyridine rings is 1. The van der Waals surface area contributed by atoms with Gasteiger partial charge in [-0.05, 0) is 23.8 Å². The number of guanidine groups is 1. The molecule has 26 heavy (non-hydrogen) atoms. The molecule has 5 nitrogen and oxygen atoms in total. The molecule has 1 heterocycles. The van der Waals surface area contributed by atoms with E-state index in [2.05, 4.69) is 20.6 Å². The van der Waals surface area contributed by atoms with Crippen LogP contribution in [-0.4, -0.2) is 25.1 Å². The third kappa shape index (κ3) is 6.70. The van der Waals surface area contributed by atoms with Crippen molar-refractivity contribution in [2.75, 3.05) is 14.2 Å². The molecule has 0 saturated carbocycles. The van der Waals surface area contributed by atoms with E-state index in [9.17, 15) is 13.2 Å². The van der Waals surface area contributed by atoms with Crippen molar-refractivity contribution in [3.63, 3.8) is 0 Å². The first-order valence-electron chi connectivity index (χ1n) is 7.53. The Morgan fingerprint density at radius 2 is 1.81 bits per heavy atom. The van der Waals surface area contributed by atoms with Crippen LogP contribution in [0.3, 0.4) is 0 Å². The van der Waals surface area contributed by atoms with Gasteiger partial charge in [0, 0.05) is 19.7 Å². The normalized spacial score (nSPS) is 11.5. The van der Waals surface area contributed by atoms with Crippen molar-refractivity contribution in [2.45, 2.75) is 19.3 Å². The standard InChI is InChI=1S/C17H19F3N4O.HI/c1-21-16(23-11-14-7-4-8-15(24-14)25-2)22-10-12-5-3-6-13(9-12)17(18,19)20;/h3-9H,10-11H2,1-2H3,(H2,21,22,23);1H. The van der Waals surface area contributed by atoms with Gasteiger partial charge in [0.1, 0.15) is 0 Å². The highest BCUT2D eigenvalue weighted by Crippen LogP contribution is 2.29. The Kier molecular flexibility index (Phi) is 8.62. The highest BCUT2D eigenvalue weighted by atomic mass is 127. The van der Waals surface area contributed by atoms with Gasteiger partial charge in [-0.25, -0.2) is 4.98 Å². The minimum absolute atomic E-state index is 0. The Labute approximate surface area is 167 Å². The summed E-state index contributed by atoms with van der Waals surface area (Å²) in [5.74, 6) is 0.966. The summed E-state index contributed by atoms with van der Waals surface area (Å²) in [5, 5.41) is 6.03. The monoisotopic (exact) mass is 480 g/mol. The summed E-state index contributed by atoms with van der Waals surface area (Å²) < 4.78 is 43.2. The van der Waals surface area contributed by atoms with E-state index in [1.165, 1.54) is 13.2 Å². The van der Waals surface area contributed by atoms with E-state index in [4.69, 9.17) is 4.74 Å². The molecule has 1 aromatic heterocycles. The zero-order valence-electron chi connectivity index (χ0n) is 14.3. The van der Waals surface area contributed by atoms with Crippen molar-refractivity contribution >= 4 is 29.9 Å². The lowest BCUT2D eigenvalue weighted by Gasteiger charge is -2.13. The molecular formula is C17H20F3IN4O. The maximum Gasteiger partial charge on any atom is 0.416 e. The van der Waals surface area contributed by atoms with Gasteiger partial charge in [0.15, 0.2) is 5.96 Å². The number of halogens is 4. The second-order valence-corrected chi connectivity index (χ2v) is 5.15. The van der Waals surface area contributed by atoms with Crippen LogP contribution < -0.4 is 15.4 Å². The maximum atomic E-state index is 12.7. The number of aliphatic imine (C=N–C) groups is 1. The number of methoxy groups -OCH3 is 1. The quantitative estimate of drug-likeness (QED) is 0.390. The van der Waals surface area contributed by atoms with Crippen LogP contribution in [0, 0.1) is 0 Å². The number of benzene rings is 1. The predicted molar refractivity (Wildman–Crippen MR) is 105 cm³/mol. The first-order chi connectivity index (χ1) is 11.9. The van der Waals surface area contributed by atoms with Crippen LogP contribution in [0.15, 0.2) is 47.5 Å². The lowest BCUT2D eigenvalue weighted by Crippen LogP contribution is -2.36. The SMILES string of the molecule is CN=C(NCc1cccc(C(F)(F)F)c1)NCc1cccc(OC)n1.I. The minimum atomic E-state index is -4.35. The van der Waals surface area contributed by atoms with Crippen LogP contribution in [0.25, 0.3) is 0 Å². The topological polar surface area (TPSA) is 58.5 Å². The lowest BCUT2D eigenvalue weighted by molar-refractivity contribution is -0.137. The number of hydrogen-bond donors (Lipinski definition) is 2. The first-order valence-corrected chi connectivity index (χ1v) is 7.53. The molecule has 0 atom stereocenters. The van der Waals surface area contributed by atoms with Crippen molar-refractivity contribution < 1.29 is 17.9 Å². The second-order valence-electron chi connectivity index (χ2n) is 5.15. The van der Waals surface area contributed by atoms with Gasteiger partial charge in [-0.2, -0.15) is 13.2 Å². The second kappa shape index (κ2) is 10.2. The molecule has 0 unspecified atom stereocenters. The molecule has 0 amide bonds. The summed E-state index contributed by atoms with van der Waals surface area (Å²) >= 11 is 0. The molecule has 0 fully saturated rings. The van der Waals surface area contributed by atoms with E-state index in [0.717, 1.165) is 17.8 Å². The van der Waals surface area contributed by atoms with Crippen molar-refractivity contribution in [3.8, 4) is 5.88 Å². The van der Waals surface area contributed by atoms with Crippen molar-refractivity contribution in [1.29, 1.82) is 0 Å². The number of ether oxygens (including phenoxy) is 1. The molecule has 9 heteroatoms. The third-order valence-electron chi connectivity index (χ3n) is 3.37. The minimum Gasteiger partial charge on any atom is -0.481 e. The summed E-state index contributed by atoms with van der Waals surface area (Å²) in [6, 6.07) is 10.6. The summed E-state index contributed by atoms with van der Waals surface area (Å²) in [4.78, 5) is 8.31. The summed E-state index contributed by atoms with van der Waals surface area (Å²) in [6.07, 6.45) is -4.35. The number of hydrogen-bond acceptors (Lipinski definition) is 3. The number of nitrogens with one attached hydrogen (secondary N) is 2. The fourth-order valence-corrected chi connectivity index (χ4v) is 2.11. The molecule has 0 saturated heterocycles. The van der Waals surface area contributed by atoms with Crippen LogP contribution in [-0.2, 0) is 19.3 Å². The molecule has 0 radical (unpaired) electrons. The van der Waals surface area contributed by atoms with E-state index in [0.29, 0.717) is 23.9 Å². The van der Waals surface area contributed by atoms with E-state index < -0.39 is 11.7 Å². The van der Waals surface area contributed by atoms with Gasteiger partial charge in [-0.1, -0.05) is 18.2 Å². The van der Waals surface area contributed by atoms with Crippen molar-refractivity contribution in [2.24, 2.45) is 4.99 Å². The number of aromatic nitrogens is 1. The average Bonchev–Trinajstić information content (AvgIpc) is 2.61. The van der Waals surface area contributed by atoms with Gasteiger partial charge in [-0.3, -0.25) is 4.99 Å². The van der Waals surface area contributed by atoms with Gasteiger partial charge >= 0.3 is 6.18 Å². The van der Waals surface area contributed by atoms with Gasteiger partial charge in [-0.15, -0.1) is 24.0 Å². The lowest BCUT2D eigenvalue weighted by atomic mass is 10.1. The number of nitrogens with zero attached hydrogens (tertiary/aromatic N) is 2. The Morgan fingerprint density at radius 3 is 2.46 bits per heavy atom. The van der Waals surface area contributed by atoms with Crippen LogP contribution in [0.5, 0.6) is 5.88 Å². The number of alkyl halides is 3. The molecular weight excluding hydrogens is 460 g/mol. The van der Waals surface area contributed by atoms with E-state index in [1.807, 2.05) is 12.1 Å². The van der Waals surface area contributed by atoms with Gasteiger partial charge < -0.3 is 15.4 Å². The van der Waals surface area contributed by atoms with Gasteiger partial charge in [0.2, 0.25) is 5.88 Å². The Balaban J connectivity index is 0.00000338. The molecule has 1 aromatic carbocycles. The Morgan fingerprint density at radius 1 is 1.12 bits per heavy atom. The zero-order chi connectivity index (χ0) is 18.3. The van der Waals surface area contributed by atoms with E-state index in [1.54, 1.807) is 19.2 Å². The van der Waals surface area contributed by atoms with Crippen molar-refractivity contribution in [1.82, 2.24) is 15.6 Å². The molecule has 2 rings (SSSR count). The highest BCUT2D eigenvalue weighted by Gasteiger charge is 2.30. The largest absolute Gasteiger partial charge is 0.481 e. The van der Waals surface area contributed by atoms with Crippen LogP contribution >= 0.6 is 24.0 Å². The van der Waals surface area contributed by atoms with Gasteiger partial charge in [0.05, 0.1) is 24.9 Å². The zero-order valence-corrected chi connectivity index (χ0v) is 16.6. The first kappa shape index (κ1) is 22.0. The summed E-state index contributed by atoms with van der Waals surface area (Å²) in [7, 11) is 3.12. The summed E-state index contributed by atoms with van der Waals surface area (Å²) in [6.45, 7) is 0.620. The summed E-state index contributed by atoms with van der Waals surface area (Å²) in [5.41, 5.74) is 0.592. The number of rotatable bonds is 5. The maximum absolute atomic E-state index is 12.7. The molecule has 142 valence electrons. The predicted octanol–water partition coefficient (Wildman–Crippen LogP) is 3.59. The molecule has 2 N–H and O–H groups in total. The molecule has 0 aliphatic rings. The molecule has 0 bridgehead atoms. The van der Waals surface area contributed by atoms with E-state index >= 15 is 0 Å². The fraction of sp³-hybridized carbons (Fsp3) is 0.294. The van der Waals surface area contributed by atoms with Crippen molar-refractivity contribution in [3.05, 3.63) is 59.3 Å². The van der Waals surface area contributed by atoms with Crippen LogP contribution in [0.2, 0.25) is 0 Å². The Bertz CT molecular complexity index is 738. The van der Waals surface area contributed by atoms with Crippen LogP contribution in [0.1, 0.15) is 16.8 Å². The average molecular weight is 480 g/mol. The Hall–Kier alpha value is -2.04. The van der Waals surface area contributed by atoms with Crippen LogP contribution in [0.4, 0.5) is 13.2 Å².